The quantitative estimate of drug-likeness (QED) is 0.614. The number of halogens is 4. The minimum Gasteiger partial charge on any atom is -0.303 e. The molecular formula is C10H19BrF3N. The maximum Gasteiger partial charge on any atom is 0.389 e. The van der Waals surface area contributed by atoms with E-state index in [1.165, 1.54) is 0 Å². The molecule has 1 nitrogen and oxygen atoms in total. The van der Waals surface area contributed by atoms with E-state index in [1.807, 2.05) is 0 Å². The molecular weight excluding hydrogens is 271 g/mol. The Hall–Kier alpha value is 0.230. The van der Waals surface area contributed by atoms with Gasteiger partial charge in [0.25, 0.3) is 0 Å². The Kier molecular flexibility index (Phi) is 8.52. The summed E-state index contributed by atoms with van der Waals surface area (Å²) in [5.74, 6) is 0. The highest BCUT2D eigenvalue weighted by molar-refractivity contribution is 9.09. The van der Waals surface area contributed by atoms with E-state index in [4.69, 9.17) is 0 Å². The fraction of sp³-hybridized carbons (Fsp3) is 1.00. The van der Waals surface area contributed by atoms with Crippen molar-refractivity contribution in [2.45, 2.75) is 38.8 Å². The van der Waals surface area contributed by atoms with Crippen LogP contribution in [0.4, 0.5) is 13.2 Å². The Labute approximate surface area is 98.1 Å². The zero-order valence-electron chi connectivity index (χ0n) is 9.12. The zero-order chi connectivity index (χ0) is 11.7. The summed E-state index contributed by atoms with van der Waals surface area (Å²) in [7, 11) is 0. The summed E-state index contributed by atoms with van der Waals surface area (Å²) in [6.07, 6.45) is -2.33. The van der Waals surface area contributed by atoms with Gasteiger partial charge in [-0.15, -0.1) is 0 Å². The maximum atomic E-state index is 11.9. The largest absolute Gasteiger partial charge is 0.389 e. The fourth-order valence-corrected chi connectivity index (χ4v) is 1.84. The normalized spacial score (nSPS) is 12.4. The third kappa shape index (κ3) is 10.5. The second kappa shape index (κ2) is 8.39. The molecule has 5 heteroatoms. The molecule has 0 aliphatic carbocycles. The number of rotatable bonds is 8. The molecule has 0 heterocycles. The molecule has 0 spiro atoms. The Morgan fingerprint density at radius 1 is 1.07 bits per heavy atom. The highest BCUT2D eigenvalue weighted by Crippen LogP contribution is 2.21. The molecule has 0 N–H and O–H groups in total. The fourth-order valence-electron chi connectivity index (χ4n) is 1.34. The van der Waals surface area contributed by atoms with Gasteiger partial charge in [-0.3, -0.25) is 0 Å². The van der Waals surface area contributed by atoms with Crippen LogP contribution in [0.1, 0.15) is 32.6 Å². The van der Waals surface area contributed by atoms with Crippen molar-refractivity contribution in [3.8, 4) is 0 Å². The van der Waals surface area contributed by atoms with E-state index in [-0.39, 0.29) is 6.42 Å². The molecule has 0 radical (unpaired) electrons. The SMILES string of the molecule is CCCCN(CCBr)CCCC(F)(F)F. The van der Waals surface area contributed by atoms with Crippen molar-refractivity contribution in [2.75, 3.05) is 25.0 Å². The number of unbranched alkanes of at least 4 members (excludes halogenated alkanes) is 1. The van der Waals surface area contributed by atoms with Crippen LogP contribution in [0.15, 0.2) is 0 Å². The first kappa shape index (κ1) is 15.2. The van der Waals surface area contributed by atoms with Crippen LogP contribution in [0.2, 0.25) is 0 Å². The molecule has 0 rings (SSSR count). The first-order chi connectivity index (χ1) is 6.99. The second-order valence-electron chi connectivity index (χ2n) is 3.60. The van der Waals surface area contributed by atoms with Gasteiger partial charge in [0.15, 0.2) is 0 Å². The number of nitrogens with zero attached hydrogens (tertiary/aromatic N) is 1. The highest BCUT2D eigenvalue weighted by Gasteiger charge is 2.26. The van der Waals surface area contributed by atoms with Crippen molar-refractivity contribution < 1.29 is 13.2 Å². The van der Waals surface area contributed by atoms with Gasteiger partial charge >= 0.3 is 6.18 Å². The van der Waals surface area contributed by atoms with Crippen LogP contribution < -0.4 is 0 Å². The van der Waals surface area contributed by atoms with Crippen LogP contribution >= 0.6 is 15.9 Å². The molecule has 0 aromatic heterocycles. The minimum absolute atomic E-state index is 0.209. The van der Waals surface area contributed by atoms with Gasteiger partial charge in [0, 0.05) is 18.3 Å². The van der Waals surface area contributed by atoms with Gasteiger partial charge in [-0.25, -0.2) is 0 Å². The lowest BCUT2D eigenvalue weighted by molar-refractivity contribution is -0.136. The third-order valence-electron chi connectivity index (χ3n) is 2.16. The first-order valence-corrected chi connectivity index (χ1v) is 6.47. The van der Waals surface area contributed by atoms with Crippen LogP contribution in [0.5, 0.6) is 0 Å². The molecule has 0 saturated heterocycles. The highest BCUT2D eigenvalue weighted by atomic mass is 79.9. The first-order valence-electron chi connectivity index (χ1n) is 5.34. The van der Waals surface area contributed by atoms with Gasteiger partial charge in [0.1, 0.15) is 0 Å². The van der Waals surface area contributed by atoms with Gasteiger partial charge in [0.2, 0.25) is 0 Å². The Morgan fingerprint density at radius 2 is 1.67 bits per heavy atom. The van der Waals surface area contributed by atoms with Crippen LogP contribution in [0.25, 0.3) is 0 Å². The van der Waals surface area contributed by atoms with E-state index in [9.17, 15) is 13.2 Å². The Bertz CT molecular complexity index is 150. The summed E-state index contributed by atoms with van der Waals surface area (Å²) in [5, 5.41) is 0.822. The maximum absolute atomic E-state index is 11.9. The van der Waals surface area contributed by atoms with E-state index in [0.29, 0.717) is 6.54 Å². The van der Waals surface area contributed by atoms with Crippen molar-refractivity contribution >= 4 is 15.9 Å². The standard InChI is InChI=1S/C10H19BrF3N/c1-2-3-7-15(9-6-11)8-4-5-10(12,13)14/h2-9H2,1H3. The van der Waals surface area contributed by atoms with Crippen molar-refractivity contribution in [3.05, 3.63) is 0 Å². The molecule has 0 atom stereocenters. The lowest BCUT2D eigenvalue weighted by Gasteiger charge is -2.21. The molecule has 0 saturated carbocycles. The van der Waals surface area contributed by atoms with Crippen LogP contribution in [-0.4, -0.2) is 36.0 Å². The summed E-state index contributed by atoms with van der Waals surface area (Å²) >= 11 is 3.31. The average Bonchev–Trinajstić information content (AvgIpc) is 2.12. The van der Waals surface area contributed by atoms with Gasteiger partial charge < -0.3 is 4.90 Å². The smallest absolute Gasteiger partial charge is 0.303 e. The molecule has 0 aromatic rings. The van der Waals surface area contributed by atoms with Crippen LogP contribution in [-0.2, 0) is 0 Å². The van der Waals surface area contributed by atoms with Crippen LogP contribution in [0.3, 0.4) is 0 Å². The third-order valence-corrected chi connectivity index (χ3v) is 2.52. The molecule has 92 valence electrons. The molecule has 0 bridgehead atoms. The van der Waals surface area contributed by atoms with Crippen molar-refractivity contribution in [1.82, 2.24) is 4.90 Å². The van der Waals surface area contributed by atoms with Gasteiger partial charge in [-0.2, -0.15) is 13.2 Å². The minimum atomic E-state index is -4.01. The van der Waals surface area contributed by atoms with Gasteiger partial charge in [-0.05, 0) is 25.9 Å². The zero-order valence-corrected chi connectivity index (χ0v) is 10.7. The predicted molar refractivity (Wildman–Crippen MR) is 60.4 cm³/mol. The van der Waals surface area contributed by atoms with Crippen LogP contribution in [0, 0.1) is 0 Å². The molecule has 0 amide bonds. The van der Waals surface area contributed by atoms with E-state index >= 15 is 0 Å². The molecule has 15 heavy (non-hydrogen) atoms. The predicted octanol–water partition coefficient (Wildman–Crippen LogP) is 3.83. The summed E-state index contributed by atoms with van der Waals surface area (Å²) in [6, 6.07) is 0. The summed E-state index contributed by atoms with van der Waals surface area (Å²) in [4.78, 5) is 2.09. The number of alkyl halides is 4. The van der Waals surface area contributed by atoms with E-state index in [1.54, 1.807) is 0 Å². The van der Waals surface area contributed by atoms with Gasteiger partial charge in [-0.1, -0.05) is 29.3 Å². The van der Waals surface area contributed by atoms with Gasteiger partial charge in [0.05, 0.1) is 0 Å². The molecule has 0 aliphatic heterocycles. The molecule has 0 aromatic carbocycles. The van der Waals surface area contributed by atoms with Crippen molar-refractivity contribution in [1.29, 1.82) is 0 Å². The summed E-state index contributed by atoms with van der Waals surface area (Å²) in [5.41, 5.74) is 0. The molecule has 0 aliphatic rings. The Morgan fingerprint density at radius 3 is 2.13 bits per heavy atom. The monoisotopic (exact) mass is 289 g/mol. The summed E-state index contributed by atoms with van der Waals surface area (Å²) < 4.78 is 35.7. The number of hydrogen-bond donors (Lipinski definition) is 0. The molecule has 0 fully saturated rings. The van der Waals surface area contributed by atoms with Crippen molar-refractivity contribution in [2.24, 2.45) is 0 Å². The molecule has 0 unspecified atom stereocenters. The Balaban J connectivity index is 3.65. The lowest BCUT2D eigenvalue weighted by atomic mass is 10.2. The lowest BCUT2D eigenvalue weighted by Crippen LogP contribution is -2.28. The number of hydrogen-bond acceptors (Lipinski definition) is 1. The second-order valence-corrected chi connectivity index (χ2v) is 4.40. The summed E-state index contributed by atoms with van der Waals surface area (Å²) in [6.45, 7) is 4.37. The van der Waals surface area contributed by atoms with E-state index in [2.05, 4.69) is 27.8 Å². The topological polar surface area (TPSA) is 3.24 Å². The van der Waals surface area contributed by atoms with E-state index in [0.717, 1.165) is 31.3 Å². The average molecular weight is 290 g/mol. The van der Waals surface area contributed by atoms with Crippen molar-refractivity contribution in [3.63, 3.8) is 0 Å². The van der Waals surface area contributed by atoms with E-state index < -0.39 is 12.6 Å².